The predicted octanol–water partition coefficient (Wildman–Crippen LogP) is 2.80. The van der Waals surface area contributed by atoms with Crippen molar-refractivity contribution in [1.29, 1.82) is 0 Å². The number of rotatable bonds is 2. The van der Waals surface area contributed by atoms with Crippen LogP contribution >= 0.6 is 15.9 Å². The molecule has 2 aromatic rings. The molecule has 0 radical (unpaired) electrons. The Morgan fingerprint density at radius 2 is 1.81 bits per heavy atom. The number of halogens is 1. The smallest absolute Gasteiger partial charge is 0.245 e. The lowest BCUT2D eigenvalue weighted by molar-refractivity contribution is 0.586. The molecule has 0 atom stereocenters. The van der Waals surface area contributed by atoms with Crippen LogP contribution in [0.3, 0.4) is 0 Å². The maximum atomic E-state index is 12.2. The van der Waals surface area contributed by atoms with Crippen molar-refractivity contribution in [2.75, 3.05) is 0 Å². The van der Waals surface area contributed by atoms with E-state index in [-0.39, 0.29) is 0 Å². The first-order valence-electron chi connectivity index (χ1n) is 4.67. The summed E-state index contributed by atoms with van der Waals surface area (Å²) in [5, 5.41) is 0. The maximum Gasteiger partial charge on any atom is 0.267 e. The van der Waals surface area contributed by atoms with Crippen LogP contribution in [-0.4, -0.2) is 12.4 Å². The first kappa shape index (κ1) is 11.4. The van der Waals surface area contributed by atoms with Gasteiger partial charge in [-0.25, -0.2) is 12.4 Å². The van der Waals surface area contributed by atoms with Crippen molar-refractivity contribution in [2.24, 2.45) is 0 Å². The number of benzene rings is 1. The molecule has 3 nitrogen and oxygen atoms in total. The molecule has 0 aliphatic rings. The van der Waals surface area contributed by atoms with E-state index in [4.69, 9.17) is 0 Å². The summed E-state index contributed by atoms with van der Waals surface area (Å²) < 4.78 is 26.4. The molecule has 0 aliphatic carbocycles. The van der Waals surface area contributed by atoms with Gasteiger partial charge in [-0.2, -0.15) is 0 Å². The van der Waals surface area contributed by atoms with Crippen molar-refractivity contribution in [3.8, 4) is 0 Å². The molecule has 0 fully saturated rings. The van der Waals surface area contributed by atoms with Crippen LogP contribution in [0.1, 0.15) is 5.69 Å². The molecular weight excluding hydrogens is 290 g/mol. The van der Waals surface area contributed by atoms with Gasteiger partial charge in [0.2, 0.25) is 0 Å². The molecule has 0 unspecified atom stereocenters. The third-order valence-corrected chi connectivity index (χ3v) is 4.45. The second kappa shape index (κ2) is 4.07. The summed E-state index contributed by atoms with van der Waals surface area (Å²) in [6, 6.07) is 10.1. The minimum atomic E-state index is -3.46. The van der Waals surface area contributed by atoms with E-state index < -0.39 is 10.0 Å². The number of hydrogen-bond acceptors (Lipinski definition) is 2. The van der Waals surface area contributed by atoms with Crippen molar-refractivity contribution < 1.29 is 8.42 Å². The van der Waals surface area contributed by atoms with Crippen LogP contribution < -0.4 is 0 Å². The first-order valence-corrected chi connectivity index (χ1v) is 6.90. The molecule has 0 spiro atoms. The van der Waals surface area contributed by atoms with Crippen molar-refractivity contribution >= 4 is 26.0 Å². The Kier molecular flexibility index (Phi) is 2.90. The van der Waals surface area contributed by atoms with Gasteiger partial charge < -0.3 is 0 Å². The van der Waals surface area contributed by atoms with E-state index in [1.54, 1.807) is 49.5 Å². The Morgan fingerprint density at radius 1 is 1.19 bits per heavy atom. The van der Waals surface area contributed by atoms with E-state index in [9.17, 15) is 8.42 Å². The fraction of sp³-hybridized carbons (Fsp3) is 0.0909. The highest BCUT2D eigenvalue weighted by Crippen LogP contribution is 2.20. The standard InChI is InChI=1S/C11H10BrNO2S/c1-9-7-10(12)8-13(9)16(14,15)11-5-3-2-4-6-11/h2-8H,1H3. The molecule has 1 heterocycles. The van der Waals surface area contributed by atoms with Crippen molar-refractivity contribution in [3.63, 3.8) is 0 Å². The maximum absolute atomic E-state index is 12.2. The van der Waals surface area contributed by atoms with E-state index >= 15 is 0 Å². The molecule has 1 aromatic carbocycles. The average Bonchev–Trinajstić information content (AvgIpc) is 2.60. The first-order chi connectivity index (χ1) is 7.51. The van der Waals surface area contributed by atoms with Gasteiger partial charge in [-0.3, -0.25) is 0 Å². The molecule has 0 aliphatic heterocycles. The van der Waals surface area contributed by atoms with E-state index in [0.29, 0.717) is 10.6 Å². The van der Waals surface area contributed by atoms with Gasteiger partial charge in [-0.15, -0.1) is 0 Å². The lowest BCUT2D eigenvalue weighted by Crippen LogP contribution is -2.12. The number of aromatic nitrogens is 1. The molecule has 0 saturated heterocycles. The Bertz CT molecular complexity index is 602. The summed E-state index contributed by atoms with van der Waals surface area (Å²) in [6.45, 7) is 1.76. The van der Waals surface area contributed by atoms with Gasteiger partial charge in [0.1, 0.15) is 0 Å². The molecule has 2 rings (SSSR count). The summed E-state index contributed by atoms with van der Waals surface area (Å²) in [6.07, 6.45) is 1.55. The Labute approximate surface area is 103 Å². The quantitative estimate of drug-likeness (QED) is 0.855. The molecule has 0 N–H and O–H groups in total. The molecule has 0 bridgehead atoms. The highest BCUT2D eigenvalue weighted by Gasteiger charge is 2.18. The highest BCUT2D eigenvalue weighted by molar-refractivity contribution is 9.10. The monoisotopic (exact) mass is 299 g/mol. The lowest BCUT2D eigenvalue weighted by Gasteiger charge is -2.07. The molecule has 0 saturated carbocycles. The van der Waals surface area contributed by atoms with Crippen molar-refractivity contribution in [2.45, 2.75) is 11.8 Å². The van der Waals surface area contributed by atoms with Crippen LogP contribution in [0, 0.1) is 6.92 Å². The van der Waals surface area contributed by atoms with Crippen molar-refractivity contribution in [3.05, 3.63) is 52.8 Å². The summed E-state index contributed by atoms with van der Waals surface area (Å²) in [5.74, 6) is 0. The number of aryl methyl sites for hydroxylation is 1. The zero-order valence-corrected chi connectivity index (χ0v) is 11.0. The van der Waals surface area contributed by atoms with Gasteiger partial charge in [-0.1, -0.05) is 18.2 Å². The molecule has 5 heteroatoms. The summed E-state index contributed by atoms with van der Waals surface area (Å²) in [5.41, 5.74) is 0.677. The predicted molar refractivity (Wildman–Crippen MR) is 65.9 cm³/mol. The Morgan fingerprint density at radius 3 is 2.31 bits per heavy atom. The topological polar surface area (TPSA) is 39.1 Å². The van der Waals surface area contributed by atoms with Gasteiger partial charge in [0.25, 0.3) is 10.0 Å². The molecular formula is C11H10BrNO2S. The summed E-state index contributed by atoms with van der Waals surface area (Å²) in [4.78, 5) is 0.293. The summed E-state index contributed by atoms with van der Waals surface area (Å²) >= 11 is 3.26. The van der Waals surface area contributed by atoms with E-state index in [1.807, 2.05) is 0 Å². The average molecular weight is 300 g/mol. The number of hydrogen-bond donors (Lipinski definition) is 0. The second-order valence-corrected chi connectivity index (χ2v) is 6.14. The SMILES string of the molecule is Cc1cc(Br)cn1S(=O)(=O)c1ccccc1. The highest BCUT2D eigenvalue weighted by atomic mass is 79.9. The molecule has 84 valence electrons. The van der Waals surface area contributed by atoms with Gasteiger partial charge >= 0.3 is 0 Å². The Balaban J connectivity index is 2.61. The zero-order valence-electron chi connectivity index (χ0n) is 8.59. The minimum Gasteiger partial charge on any atom is -0.245 e. The van der Waals surface area contributed by atoms with Crippen LogP contribution in [-0.2, 0) is 10.0 Å². The minimum absolute atomic E-state index is 0.293. The van der Waals surface area contributed by atoms with Crippen LogP contribution in [0.2, 0.25) is 0 Å². The molecule has 16 heavy (non-hydrogen) atoms. The van der Waals surface area contributed by atoms with Gasteiger partial charge in [0, 0.05) is 16.4 Å². The van der Waals surface area contributed by atoms with Crippen LogP contribution in [0.15, 0.2) is 52.0 Å². The molecule has 0 amide bonds. The van der Waals surface area contributed by atoms with Gasteiger partial charge in [0.15, 0.2) is 0 Å². The van der Waals surface area contributed by atoms with E-state index in [2.05, 4.69) is 15.9 Å². The fourth-order valence-corrected chi connectivity index (χ4v) is 3.56. The normalized spacial score (nSPS) is 11.6. The third kappa shape index (κ3) is 1.92. The van der Waals surface area contributed by atoms with Gasteiger partial charge in [0.05, 0.1) is 4.90 Å². The van der Waals surface area contributed by atoms with E-state index in [0.717, 1.165) is 4.47 Å². The lowest BCUT2D eigenvalue weighted by atomic mass is 10.4. The van der Waals surface area contributed by atoms with E-state index in [1.165, 1.54) is 3.97 Å². The van der Waals surface area contributed by atoms with Crippen LogP contribution in [0.4, 0.5) is 0 Å². The largest absolute Gasteiger partial charge is 0.267 e. The Hall–Kier alpha value is -1.07. The van der Waals surface area contributed by atoms with Crippen LogP contribution in [0.5, 0.6) is 0 Å². The number of nitrogens with zero attached hydrogens (tertiary/aromatic N) is 1. The second-order valence-electron chi connectivity index (χ2n) is 3.41. The van der Waals surface area contributed by atoms with Crippen LogP contribution in [0.25, 0.3) is 0 Å². The zero-order chi connectivity index (χ0) is 11.8. The third-order valence-electron chi connectivity index (χ3n) is 2.24. The molecule has 1 aromatic heterocycles. The fourth-order valence-electron chi connectivity index (χ4n) is 1.48. The van der Waals surface area contributed by atoms with Crippen molar-refractivity contribution in [1.82, 2.24) is 3.97 Å². The summed E-state index contributed by atoms with van der Waals surface area (Å²) in [7, 11) is -3.46. The van der Waals surface area contributed by atoms with Gasteiger partial charge in [-0.05, 0) is 41.1 Å².